The molecule has 1 aliphatic heterocycles. The number of carbonyl (C=O) groups is 2. The lowest BCUT2D eigenvalue weighted by Gasteiger charge is -2.13. The average Bonchev–Trinajstić information content (AvgIpc) is 2.96. The molecule has 0 aliphatic carbocycles. The molecule has 27 heavy (non-hydrogen) atoms. The van der Waals surface area contributed by atoms with E-state index in [2.05, 4.69) is 6.58 Å². The molecule has 0 N–H and O–H groups in total. The predicted octanol–water partition coefficient (Wildman–Crippen LogP) is 2.86. The van der Waals surface area contributed by atoms with E-state index >= 15 is 0 Å². The highest BCUT2D eigenvalue weighted by atomic mass is 16.6. The van der Waals surface area contributed by atoms with Gasteiger partial charge < -0.3 is 19.1 Å². The van der Waals surface area contributed by atoms with Crippen molar-refractivity contribution in [3.05, 3.63) is 60.0 Å². The second-order valence-corrected chi connectivity index (χ2v) is 5.92. The summed E-state index contributed by atoms with van der Waals surface area (Å²) >= 11 is 0. The summed E-state index contributed by atoms with van der Waals surface area (Å²) in [7, 11) is 1.81. The number of benzene rings is 1. The average molecular weight is 368 g/mol. The number of carbonyl (C=O) groups excluding carboxylic acids is 2. The molecule has 0 radical (unpaired) electrons. The third kappa shape index (κ3) is 4.98. The molecule has 7 nitrogen and oxygen atoms in total. The molecule has 1 aromatic carbocycles. The second-order valence-electron chi connectivity index (χ2n) is 5.92. The van der Waals surface area contributed by atoms with Gasteiger partial charge in [0.15, 0.2) is 11.6 Å². The minimum Gasteiger partial charge on any atom is -0.458 e. The summed E-state index contributed by atoms with van der Waals surface area (Å²) in [6.07, 6.45) is 2.19. The van der Waals surface area contributed by atoms with Gasteiger partial charge >= 0.3 is 11.9 Å². The van der Waals surface area contributed by atoms with Crippen LogP contribution < -0.4 is 9.64 Å². The van der Waals surface area contributed by atoms with Gasteiger partial charge in [-0.25, -0.2) is 9.59 Å². The topological polar surface area (TPSA) is 88.9 Å². The molecule has 2 rings (SSSR count). The van der Waals surface area contributed by atoms with E-state index < -0.39 is 18.0 Å². The number of rotatable bonds is 6. The Kier molecular flexibility index (Phi) is 6.39. The van der Waals surface area contributed by atoms with Crippen molar-refractivity contribution in [2.45, 2.75) is 20.0 Å². The van der Waals surface area contributed by atoms with Crippen molar-refractivity contribution in [3.8, 4) is 11.8 Å². The zero-order valence-corrected chi connectivity index (χ0v) is 15.4. The molecular weight excluding hydrogens is 348 g/mol. The molecule has 0 spiro atoms. The summed E-state index contributed by atoms with van der Waals surface area (Å²) in [4.78, 5) is 25.3. The Hall–Kier alpha value is -3.53. The van der Waals surface area contributed by atoms with Gasteiger partial charge in [0.25, 0.3) is 0 Å². The summed E-state index contributed by atoms with van der Waals surface area (Å²) in [5.41, 5.74) is 0.930. The molecule has 0 bridgehead atoms. The number of para-hydroxylation sites is 2. The maximum Gasteiger partial charge on any atom is 0.349 e. The first kappa shape index (κ1) is 19.8. The monoisotopic (exact) mass is 368 g/mol. The summed E-state index contributed by atoms with van der Waals surface area (Å²) in [6.45, 7) is 6.39. The summed E-state index contributed by atoms with van der Waals surface area (Å²) < 4.78 is 15.7. The molecule has 1 aromatic rings. The SMILES string of the molecule is C=C(C)C(=O)OC(C)COC(=O)/C(C#N)=C/C=C1\Oc2ccccc2N1C. The third-order valence-electron chi connectivity index (χ3n) is 3.61. The highest BCUT2D eigenvalue weighted by molar-refractivity contribution is 5.93. The fourth-order valence-corrected chi connectivity index (χ4v) is 2.16. The summed E-state index contributed by atoms with van der Waals surface area (Å²) in [5, 5.41) is 9.19. The summed E-state index contributed by atoms with van der Waals surface area (Å²) in [5.74, 6) is -0.222. The van der Waals surface area contributed by atoms with Gasteiger partial charge in [-0.2, -0.15) is 5.26 Å². The fraction of sp³-hybridized carbons (Fsp3) is 0.250. The van der Waals surface area contributed by atoms with Gasteiger partial charge in [-0.05, 0) is 32.1 Å². The van der Waals surface area contributed by atoms with Gasteiger partial charge in [0.05, 0.1) is 5.69 Å². The first-order valence-corrected chi connectivity index (χ1v) is 8.19. The number of ether oxygens (including phenoxy) is 3. The molecule has 0 saturated heterocycles. The van der Waals surface area contributed by atoms with Crippen molar-refractivity contribution in [3.63, 3.8) is 0 Å². The van der Waals surface area contributed by atoms with Crippen molar-refractivity contribution in [1.82, 2.24) is 0 Å². The summed E-state index contributed by atoms with van der Waals surface area (Å²) in [6, 6.07) is 9.25. The maximum atomic E-state index is 12.0. The molecule has 1 unspecified atom stereocenters. The molecule has 1 heterocycles. The van der Waals surface area contributed by atoms with Crippen molar-refractivity contribution in [1.29, 1.82) is 5.26 Å². The highest BCUT2D eigenvalue weighted by Gasteiger charge is 2.22. The van der Waals surface area contributed by atoms with Gasteiger partial charge in [0.2, 0.25) is 0 Å². The van der Waals surface area contributed by atoms with Crippen LogP contribution in [0.2, 0.25) is 0 Å². The largest absolute Gasteiger partial charge is 0.458 e. The molecule has 0 fully saturated rings. The molecule has 0 saturated carbocycles. The first-order valence-electron chi connectivity index (χ1n) is 8.19. The zero-order chi connectivity index (χ0) is 20.0. The minimum absolute atomic E-state index is 0.171. The smallest absolute Gasteiger partial charge is 0.349 e. The van der Waals surface area contributed by atoms with Crippen LogP contribution in [0.4, 0.5) is 5.69 Å². The van der Waals surface area contributed by atoms with Crippen LogP contribution in [0.5, 0.6) is 5.75 Å². The lowest BCUT2D eigenvalue weighted by Crippen LogP contribution is -2.23. The van der Waals surface area contributed by atoms with Crippen LogP contribution in [0.15, 0.2) is 60.0 Å². The molecule has 0 amide bonds. The van der Waals surface area contributed by atoms with E-state index in [1.54, 1.807) is 17.9 Å². The number of hydrogen-bond donors (Lipinski definition) is 0. The van der Waals surface area contributed by atoms with E-state index in [0.29, 0.717) is 11.6 Å². The van der Waals surface area contributed by atoms with Gasteiger partial charge in [0, 0.05) is 18.7 Å². The Morgan fingerprint density at radius 3 is 2.70 bits per heavy atom. The third-order valence-corrected chi connectivity index (χ3v) is 3.61. The van der Waals surface area contributed by atoms with Crippen molar-refractivity contribution < 1.29 is 23.8 Å². The number of esters is 2. The van der Waals surface area contributed by atoms with Gasteiger partial charge in [0.1, 0.15) is 24.4 Å². The van der Waals surface area contributed by atoms with Crippen molar-refractivity contribution >= 4 is 17.6 Å². The van der Waals surface area contributed by atoms with Crippen LogP contribution in [0.3, 0.4) is 0 Å². The van der Waals surface area contributed by atoms with Gasteiger partial charge in [-0.15, -0.1) is 0 Å². The number of nitriles is 1. The molecule has 1 atom stereocenters. The number of hydrogen-bond acceptors (Lipinski definition) is 7. The van der Waals surface area contributed by atoms with Gasteiger partial charge in [-0.3, -0.25) is 0 Å². The number of anilines is 1. The predicted molar refractivity (Wildman–Crippen MR) is 98.6 cm³/mol. The Morgan fingerprint density at radius 1 is 1.37 bits per heavy atom. The lowest BCUT2D eigenvalue weighted by molar-refractivity contribution is -0.152. The van der Waals surface area contributed by atoms with Crippen LogP contribution in [0, 0.1) is 11.3 Å². The van der Waals surface area contributed by atoms with Crippen LogP contribution in [0.25, 0.3) is 0 Å². The number of allylic oxidation sites excluding steroid dienone is 2. The van der Waals surface area contributed by atoms with E-state index in [9.17, 15) is 14.9 Å². The molecule has 140 valence electrons. The lowest BCUT2D eigenvalue weighted by atomic mass is 10.2. The molecule has 0 aromatic heterocycles. The minimum atomic E-state index is -0.814. The number of fused-ring (bicyclic) bond motifs is 1. The molecular formula is C20H20N2O5. The highest BCUT2D eigenvalue weighted by Crippen LogP contribution is 2.37. The van der Waals surface area contributed by atoms with Crippen LogP contribution in [0.1, 0.15) is 13.8 Å². The van der Waals surface area contributed by atoms with E-state index in [4.69, 9.17) is 14.2 Å². The van der Waals surface area contributed by atoms with E-state index in [1.165, 1.54) is 19.1 Å². The molecule has 1 aliphatic rings. The normalized spacial score (nSPS) is 15.4. The van der Waals surface area contributed by atoms with Gasteiger partial charge in [-0.1, -0.05) is 18.7 Å². The maximum absolute atomic E-state index is 12.0. The van der Waals surface area contributed by atoms with E-state index in [0.717, 1.165) is 5.69 Å². The van der Waals surface area contributed by atoms with Crippen molar-refractivity contribution in [2.24, 2.45) is 0 Å². The van der Waals surface area contributed by atoms with Crippen LogP contribution >= 0.6 is 0 Å². The Morgan fingerprint density at radius 2 is 2.07 bits per heavy atom. The standard InChI is InChI=1S/C20H20N2O5/c1-13(2)19(23)26-14(3)12-25-20(24)15(11-21)9-10-18-22(4)16-7-5-6-8-17(16)27-18/h5-10,14H,1,12H2,2-4H3/b15-9+,18-10-. The first-order chi connectivity index (χ1) is 12.8. The van der Waals surface area contributed by atoms with Crippen LogP contribution in [-0.4, -0.2) is 31.7 Å². The quantitative estimate of drug-likeness (QED) is 0.433. The Labute approximate surface area is 157 Å². The van der Waals surface area contributed by atoms with E-state index in [1.807, 2.05) is 31.3 Å². The fourth-order valence-electron chi connectivity index (χ4n) is 2.16. The number of nitrogens with zero attached hydrogens (tertiary/aromatic N) is 2. The van der Waals surface area contributed by atoms with Crippen molar-refractivity contribution in [2.75, 3.05) is 18.6 Å². The second kappa shape index (κ2) is 8.72. The van der Waals surface area contributed by atoms with Crippen LogP contribution in [-0.2, 0) is 19.1 Å². The van der Waals surface area contributed by atoms with E-state index in [-0.39, 0.29) is 17.8 Å². The Bertz CT molecular complexity index is 863. The zero-order valence-electron chi connectivity index (χ0n) is 15.4. The molecule has 7 heteroatoms. The Balaban J connectivity index is 1.98.